The van der Waals surface area contributed by atoms with E-state index in [0.717, 1.165) is 18.2 Å². The molecule has 0 aliphatic rings. The Hall–Kier alpha value is -5.89. The topological polar surface area (TPSA) is 115 Å². The summed E-state index contributed by atoms with van der Waals surface area (Å²) in [4.78, 5) is 0. The van der Waals surface area contributed by atoms with Gasteiger partial charge in [0, 0.05) is 16.8 Å². The molecule has 1 radical (unpaired) electrons. The van der Waals surface area contributed by atoms with E-state index in [1.165, 1.54) is 23.3 Å². The van der Waals surface area contributed by atoms with Crippen LogP contribution < -0.4 is 4.74 Å². The number of hydrogen-bond acceptors (Lipinski definition) is 4. The van der Waals surface area contributed by atoms with Crippen LogP contribution in [0, 0.1) is 12.8 Å². The Morgan fingerprint density at radius 1 is 0.426 bits per heavy atom. The first-order valence-electron chi connectivity index (χ1n) is 14.3. The number of phenols is 3. The fraction of sp³-hybridized carbons (Fsp3) is 0. The van der Waals surface area contributed by atoms with E-state index in [4.69, 9.17) is 30.9 Å². The van der Waals surface area contributed by atoms with Crippen LogP contribution in [0.2, 0.25) is 0 Å². The number of hydrogen-bond donors (Lipinski definition) is 3. The molecule has 0 atom stereocenters. The van der Waals surface area contributed by atoms with E-state index in [1.54, 1.807) is 60.7 Å². The largest absolute Gasteiger partial charge is 0.810 e. The van der Waals surface area contributed by atoms with Crippen molar-refractivity contribution in [2.45, 2.75) is 0 Å². The second kappa shape index (κ2) is 21.7. The van der Waals surface area contributed by atoms with Gasteiger partial charge < -0.3 is 30.9 Å². The van der Waals surface area contributed by atoms with Crippen LogP contribution in [0.3, 0.4) is 0 Å². The second-order valence-corrected chi connectivity index (χ2v) is 9.44. The molecule has 0 spiro atoms. The SMILES string of the molecule is Oc1ccc(Oc2ccccc2)cc1.[Co].[N-]=Cc1ccccc1O.[N-]=Cc1ccccc1O.c1ccc([CH-][CH-]c2ccccc2)cc1. The van der Waals surface area contributed by atoms with Crippen LogP contribution in [0.4, 0.5) is 0 Å². The number of nitrogens with zero attached hydrogens (tertiary/aromatic N) is 2. The van der Waals surface area contributed by atoms with Crippen molar-refractivity contribution in [3.63, 3.8) is 0 Å². The molecule has 7 heteroatoms. The Labute approximate surface area is 286 Å². The maximum Gasteiger partial charge on any atom is 0.127 e. The molecule has 0 amide bonds. The summed E-state index contributed by atoms with van der Waals surface area (Å²) in [6.45, 7) is 0. The first kappa shape index (κ1) is 37.3. The average molecular weight is 666 g/mol. The normalized spacial score (nSPS) is 9.11. The van der Waals surface area contributed by atoms with Gasteiger partial charge in [0.1, 0.15) is 28.7 Å². The summed E-state index contributed by atoms with van der Waals surface area (Å²) >= 11 is 0. The summed E-state index contributed by atoms with van der Waals surface area (Å²) in [6.07, 6.45) is 5.98. The Morgan fingerprint density at radius 3 is 1.13 bits per heavy atom. The third-order valence-corrected chi connectivity index (χ3v) is 6.03. The molecule has 0 bridgehead atoms. The van der Waals surface area contributed by atoms with Gasteiger partial charge in [0.05, 0.1) is 0 Å². The van der Waals surface area contributed by atoms with Crippen molar-refractivity contribution in [3.8, 4) is 28.7 Å². The number of para-hydroxylation sites is 3. The van der Waals surface area contributed by atoms with Crippen LogP contribution >= 0.6 is 0 Å². The molecule has 0 fully saturated rings. The molecule has 6 rings (SSSR count). The number of rotatable bonds is 7. The van der Waals surface area contributed by atoms with Crippen LogP contribution in [-0.2, 0) is 16.8 Å². The minimum absolute atomic E-state index is 0. The maximum absolute atomic E-state index is 9.07. The molecule has 3 N–H and O–H groups in total. The Bertz CT molecular complexity index is 1630. The molecule has 0 aliphatic heterocycles. The minimum atomic E-state index is 0. The number of ether oxygens (including phenoxy) is 1. The van der Waals surface area contributed by atoms with Gasteiger partial charge in [-0.3, -0.25) is 0 Å². The Balaban J connectivity index is 0.000000221. The predicted octanol–water partition coefficient (Wildman–Crippen LogP) is 9.43. The molecule has 0 aliphatic carbocycles. The fourth-order valence-corrected chi connectivity index (χ4v) is 3.65. The number of benzene rings is 6. The van der Waals surface area contributed by atoms with Gasteiger partial charge in [-0.05, 0) is 59.7 Å². The van der Waals surface area contributed by atoms with E-state index < -0.39 is 0 Å². The quantitative estimate of drug-likeness (QED) is 0.116. The third-order valence-electron chi connectivity index (χ3n) is 6.03. The van der Waals surface area contributed by atoms with Gasteiger partial charge in [-0.15, -0.1) is 24.3 Å². The molecular formula is C40H34CoN2O4-4. The van der Waals surface area contributed by atoms with Crippen molar-refractivity contribution in [2.75, 3.05) is 0 Å². The first-order valence-corrected chi connectivity index (χ1v) is 14.3. The van der Waals surface area contributed by atoms with E-state index in [-0.39, 0.29) is 34.0 Å². The van der Waals surface area contributed by atoms with Gasteiger partial charge in [-0.25, -0.2) is 24.0 Å². The van der Waals surface area contributed by atoms with Crippen molar-refractivity contribution >= 4 is 12.4 Å². The number of phenolic OH excluding ortho intramolecular Hbond substituents is 3. The first-order chi connectivity index (χ1) is 22.5. The smallest absolute Gasteiger partial charge is 0.127 e. The Morgan fingerprint density at radius 2 is 0.766 bits per heavy atom. The minimum Gasteiger partial charge on any atom is -0.810 e. The summed E-state index contributed by atoms with van der Waals surface area (Å²) in [7, 11) is 0. The van der Waals surface area contributed by atoms with Crippen molar-refractivity contribution in [1.82, 2.24) is 0 Å². The zero-order valence-corrected chi connectivity index (χ0v) is 26.4. The summed E-state index contributed by atoms with van der Waals surface area (Å²) < 4.78 is 5.52. The molecule has 0 saturated heterocycles. The van der Waals surface area contributed by atoms with Gasteiger partial charge in [0.25, 0.3) is 0 Å². The van der Waals surface area contributed by atoms with Crippen molar-refractivity contribution in [1.29, 1.82) is 0 Å². The molecule has 6 aromatic rings. The fourth-order valence-electron chi connectivity index (χ4n) is 3.65. The van der Waals surface area contributed by atoms with E-state index in [9.17, 15) is 0 Å². The molecule has 0 unspecified atom stereocenters. The van der Waals surface area contributed by atoms with Crippen LogP contribution in [0.15, 0.2) is 164 Å². The van der Waals surface area contributed by atoms with Crippen LogP contribution in [-0.4, -0.2) is 27.7 Å². The van der Waals surface area contributed by atoms with Gasteiger partial charge in [0.2, 0.25) is 0 Å². The average Bonchev–Trinajstić information content (AvgIpc) is 3.11. The van der Waals surface area contributed by atoms with Crippen molar-refractivity contribution < 1.29 is 36.8 Å². The Kier molecular flexibility index (Phi) is 17.3. The summed E-state index contributed by atoms with van der Waals surface area (Å²) in [6, 6.07) is 49.9. The molecule has 0 aromatic heterocycles. The molecule has 6 aromatic carbocycles. The van der Waals surface area contributed by atoms with E-state index in [1.807, 2.05) is 66.7 Å². The maximum atomic E-state index is 9.07. The molecule has 47 heavy (non-hydrogen) atoms. The molecular weight excluding hydrogens is 631 g/mol. The zero-order valence-electron chi connectivity index (χ0n) is 25.4. The zero-order chi connectivity index (χ0) is 32.8. The van der Waals surface area contributed by atoms with Crippen LogP contribution in [0.5, 0.6) is 28.7 Å². The second-order valence-electron chi connectivity index (χ2n) is 9.44. The number of aromatic hydroxyl groups is 3. The van der Waals surface area contributed by atoms with Crippen molar-refractivity contribution in [2.24, 2.45) is 0 Å². The van der Waals surface area contributed by atoms with Crippen LogP contribution in [0.25, 0.3) is 10.8 Å². The van der Waals surface area contributed by atoms with Gasteiger partial charge in [-0.2, -0.15) is 36.7 Å². The third kappa shape index (κ3) is 14.6. The van der Waals surface area contributed by atoms with Gasteiger partial charge in [-0.1, -0.05) is 66.7 Å². The van der Waals surface area contributed by atoms with Gasteiger partial charge in [0.15, 0.2) is 0 Å². The van der Waals surface area contributed by atoms with E-state index in [2.05, 4.69) is 37.1 Å². The molecule has 6 nitrogen and oxygen atoms in total. The predicted molar refractivity (Wildman–Crippen MR) is 188 cm³/mol. The monoisotopic (exact) mass is 665 g/mol. The van der Waals surface area contributed by atoms with Crippen molar-refractivity contribution in [3.05, 3.63) is 210 Å². The summed E-state index contributed by atoms with van der Waals surface area (Å²) in [5.41, 5.74) is 3.35. The van der Waals surface area contributed by atoms with E-state index >= 15 is 0 Å². The summed E-state index contributed by atoms with van der Waals surface area (Å²) in [5, 5.41) is 43.8. The standard InChI is InChI=1S/C14H12.C12H10O2.2C7H6NO.Co/c1-3-7-13(8-4-1)11-12-14-9-5-2-6-10-14;13-10-6-8-12(9-7-10)14-11-4-2-1-3-5-11;2*8-5-6-3-1-2-4-7(6)9;/h1-12H;1-9,13H;2*1-5,9H;/q-2;;2*-1;. The van der Waals surface area contributed by atoms with E-state index in [0.29, 0.717) is 16.9 Å². The van der Waals surface area contributed by atoms with Crippen LogP contribution in [0.1, 0.15) is 22.3 Å². The molecule has 241 valence electrons. The summed E-state index contributed by atoms with van der Waals surface area (Å²) in [5.74, 6) is 1.94. The molecule has 0 saturated carbocycles. The van der Waals surface area contributed by atoms with Gasteiger partial charge >= 0.3 is 0 Å². The molecule has 0 heterocycles.